The van der Waals surface area contributed by atoms with Gasteiger partial charge in [-0.25, -0.2) is 9.19 Å². The van der Waals surface area contributed by atoms with Crippen LogP contribution in [0.3, 0.4) is 0 Å². The number of rotatable bonds is 18. The summed E-state index contributed by atoms with van der Waals surface area (Å²) < 4.78 is 43.4. The van der Waals surface area contributed by atoms with Crippen LogP contribution in [0.5, 0.6) is 5.75 Å². The van der Waals surface area contributed by atoms with E-state index < -0.39 is 21.9 Å². The first-order chi connectivity index (χ1) is 26.1. The lowest BCUT2D eigenvalue weighted by Crippen LogP contribution is -2.30. The number of benzene rings is 3. The SMILES string of the molecule is CCCCOCCOc1ccc(-c2ccc3c(c2)C=C(C(=O)Cc2ccc(S(=O)Cc4cncn4CCC)cc2)CCCN3CC(C)C)cc1.CS(=O)O. The van der Waals surface area contributed by atoms with Crippen molar-refractivity contribution in [1.29, 1.82) is 0 Å². The van der Waals surface area contributed by atoms with Crippen molar-refractivity contribution in [3.05, 3.63) is 102 Å². The van der Waals surface area contributed by atoms with Crippen molar-refractivity contribution in [2.45, 2.75) is 83.4 Å². The Hall–Kier alpha value is -3.90. The van der Waals surface area contributed by atoms with Crippen molar-refractivity contribution in [3.63, 3.8) is 0 Å². The van der Waals surface area contributed by atoms with E-state index in [0.717, 1.165) is 103 Å². The molecule has 292 valence electrons. The quantitative estimate of drug-likeness (QED) is 0.0790. The third-order valence-electron chi connectivity index (χ3n) is 8.94. The predicted octanol–water partition coefficient (Wildman–Crippen LogP) is 8.75. The van der Waals surface area contributed by atoms with Gasteiger partial charge >= 0.3 is 0 Å². The fourth-order valence-electron chi connectivity index (χ4n) is 6.33. The van der Waals surface area contributed by atoms with Crippen LogP contribution < -0.4 is 9.64 Å². The summed E-state index contributed by atoms with van der Waals surface area (Å²) in [5.41, 5.74) is 7.21. The number of aromatic nitrogens is 2. The van der Waals surface area contributed by atoms with Gasteiger partial charge in [0.05, 0.1) is 35.2 Å². The van der Waals surface area contributed by atoms with Crippen molar-refractivity contribution in [2.75, 3.05) is 44.1 Å². The number of carbonyl (C=O) groups is 1. The summed E-state index contributed by atoms with van der Waals surface area (Å²) in [4.78, 5) is 21.3. The summed E-state index contributed by atoms with van der Waals surface area (Å²) in [5.74, 6) is 1.91. The van der Waals surface area contributed by atoms with Crippen LogP contribution in [0.25, 0.3) is 17.2 Å². The normalized spacial score (nSPS) is 13.9. The maximum atomic E-state index is 13.8. The Morgan fingerprint density at radius 1 is 0.944 bits per heavy atom. The molecule has 1 aromatic heterocycles. The largest absolute Gasteiger partial charge is 0.491 e. The molecule has 0 fully saturated rings. The van der Waals surface area contributed by atoms with Crippen LogP contribution in [-0.4, -0.2) is 67.5 Å². The van der Waals surface area contributed by atoms with Crippen LogP contribution in [0.1, 0.15) is 76.6 Å². The van der Waals surface area contributed by atoms with Crippen molar-refractivity contribution in [3.8, 4) is 16.9 Å². The highest BCUT2D eigenvalue weighted by molar-refractivity contribution is 7.84. The molecule has 54 heavy (non-hydrogen) atoms. The molecule has 2 unspecified atom stereocenters. The maximum absolute atomic E-state index is 13.8. The highest BCUT2D eigenvalue weighted by atomic mass is 32.2. The van der Waals surface area contributed by atoms with Gasteiger partial charge in [-0.15, -0.1) is 0 Å². The Labute approximate surface area is 326 Å². The second kappa shape index (κ2) is 22.5. The van der Waals surface area contributed by atoms with Crippen LogP contribution in [0.15, 0.2) is 89.7 Å². The van der Waals surface area contributed by atoms with Gasteiger partial charge in [0.2, 0.25) is 0 Å². The number of ether oxygens (including phenoxy) is 2. The number of carbonyl (C=O) groups excluding carboxylic acids is 1. The molecular weight excluding hydrogens is 719 g/mol. The number of hydrogen-bond acceptors (Lipinski definition) is 7. The lowest BCUT2D eigenvalue weighted by atomic mass is 9.93. The number of allylic oxidation sites excluding steroid dienone is 1. The van der Waals surface area contributed by atoms with Crippen LogP contribution in [0.4, 0.5) is 5.69 Å². The van der Waals surface area contributed by atoms with E-state index in [-0.39, 0.29) is 5.78 Å². The first-order valence-electron chi connectivity index (χ1n) is 19.0. The zero-order valence-corrected chi connectivity index (χ0v) is 34.1. The monoisotopic (exact) mass is 775 g/mol. The molecule has 5 rings (SSSR count). The van der Waals surface area contributed by atoms with E-state index in [0.29, 0.717) is 31.3 Å². The third kappa shape index (κ3) is 13.7. The first-order valence-corrected chi connectivity index (χ1v) is 21.8. The molecule has 0 spiro atoms. The van der Waals surface area contributed by atoms with Crippen LogP contribution in [-0.2, 0) is 50.1 Å². The van der Waals surface area contributed by atoms with Crippen LogP contribution in [0.2, 0.25) is 0 Å². The zero-order valence-electron chi connectivity index (χ0n) is 32.5. The Morgan fingerprint density at radius 3 is 2.35 bits per heavy atom. The summed E-state index contributed by atoms with van der Waals surface area (Å²) in [7, 11) is -1.19. The summed E-state index contributed by atoms with van der Waals surface area (Å²) in [5, 5.41) is 0. The van der Waals surface area contributed by atoms with E-state index in [1.54, 1.807) is 12.5 Å². The van der Waals surface area contributed by atoms with E-state index in [4.69, 9.17) is 18.2 Å². The second-order valence-electron chi connectivity index (χ2n) is 14.0. The van der Waals surface area contributed by atoms with Gasteiger partial charge in [-0.05, 0) is 102 Å². The number of nitrogens with zero attached hydrogens (tertiary/aromatic N) is 3. The van der Waals surface area contributed by atoms with Gasteiger partial charge in [0.1, 0.15) is 23.4 Å². The fraction of sp³-hybridized carbons (Fsp3) is 0.442. The Morgan fingerprint density at radius 2 is 1.67 bits per heavy atom. The number of ketones is 1. The molecule has 1 aliphatic rings. The minimum atomic E-state index is -1.61. The van der Waals surface area contributed by atoms with Crippen LogP contribution in [0, 0.1) is 5.92 Å². The molecule has 11 heteroatoms. The van der Waals surface area contributed by atoms with Gasteiger partial charge in [-0.2, -0.15) is 0 Å². The lowest BCUT2D eigenvalue weighted by molar-refractivity contribution is -0.115. The molecule has 3 aromatic carbocycles. The predicted molar refractivity (Wildman–Crippen MR) is 222 cm³/mol. The number of aryl methyl sites for hydroxylation is 1. The molecule has 1 N–H and O–H groups in total. The Kier molecular flexibility index (Phi) is 17.8. The molecule has 2 atom stereocenters. The molecule has 1 aliphatic heterocycles. The van der Waals surface area contributed by atoms with E-state index in [9.17, 15) is 9.00 Å². The summed E-state index contributed by atoms with van der Waals surface area (Å²) >= 11 is -1.61. The van der Waals surface area contributed by atoms with Gasteiger partial charge in [0.15, 0.2) is 5.78 Å². The summed E-state index contributed by atoms with van der Waals surface area (Å²) in [6.07, 6.45) is 12.1. The molecule has 4 aromatic rings. The second-order valence-corrected chi connectivity index (χ2v) is 16.3. The number of Topliss-reactive ketones (excluding diaryl/α,β-unsaturated/α-hetero) is 1. The van der Waals surface area contributed by atoms with Crippen molar-refractivity contribution < 1.29 is 27.2 Å². The minimum absolute atomic E-state index is 0.135. The third-order valence-corrected chi connectivity index (χ3v) is 10.3. The molecule has 0 bridgehead atoms. The first kappa shape index (κ1) is 42.8. The van der Waals surface area contributed by atoms with E-state index >= 15 is 0 Å². The molecule has 0 saturated carbocycles. The number of unbranched alkanes of at least 4 members (excludes halogenated alkanes) is 1. The number of anilines is 1. The summed E-state index contributed by atoms with van der Waals surface area (Å²) in [6.45, 7) is 13.4. The number of hydrogen-bond donors (Lipinski definition) is 1. The van der Waals surface area contributed by atoms with Crippen LogP contribution >= 0.6 is 0 Å². The number of imidazole rings is 1. The minimum Gasteiger partial charge on any atom is -0.491 e. The van der Waals surface area contributed by atoms with Crippen molar-refractivity contribution in [2.24, 2.45) is 5.92 Å². The zero-order chi connectivity index (χ0) is 38.9. The highest BCUT2D eigenvalue weighted by Crippen LogP contribution is 2.33. The standard InChI is InChI=1S/C42H53N3O4S.CH4O2S/c1-5-7-22-48-23-24-49-39-15-12-34(13-16-39)35-14-19-41-37(26-35)27-36(9-8-21-44(41)29-32(3)4)42(46)25-33-10-17-40(18-11-33)50(47)30-38-28-43-31-45(38)20-6-2;1-4(2)3/h10-19,26-28,31-32H,5-9,20-25,29-30H2,1-4H3;1H3,(H,2,3). The average molecular weight is 776 g/mol. The smallest absolute Gasteiger partial charge is 0.163 e. The van der Waals surface area contributed by atoms with Gasteiger partial charge in [0, 0.05) is 55.7 Å². The van der Waals surface area contributed by atoms with Gasteiger partial charge in [-0.1, -0.05) is 64.4 Å². The fourth-order valence-corrected chi connectivity index (χ4v) is 7.44. The summed E-state index contributed by atoms with van der Waals surface area (Å²) in [6, 6.07) is 22.5. The topological polar surface area (TPSA) is 111 Å². The number of fused-ring (bicyclic) bond motifs is 1. The van der Waals surface area contributed by atoms with Gasteiger partial charge < -0.3 is 23.5 Å². The Bertz CT molecular complexity index is 1830. The van der Waals surface area contributed by atoms with E-state index in [1.807, 2.05) is 36.4 Å². The maximum Gasteiger partial charge on any atom is 0.163 e. The molecule has 0 amide bonds. The molecule has 0 radical (unpaired) electrons. The molecule has 9 nitrogen and oxygen atoms in total. The lowest BCUT2D eigenvalue weighted by Gasteiger charge is -2.30. The highest BCUT2D eigenvalue weighted by Gasteiger charge is 2.20. The van der Waals surface area contributed by atoms with Crippen molar-refractivity contribution >= 4 is 39.4 Å². The van der Waals surface area contributed by atoms with Gasteiger partial charge in [0.25, 0.3) is 0 Å². The van der Waals surface area contributed by atoms with Crippen molar-refractivity contribution in [1.82, 2.24) is 9.55 Å². The van der Waals surface area contributed by atoms with E-state index in [1.165, 1.54) is 11.9 Å². The molecular formula is C43H57N3O6S2. The molecule has 0 saturated heterocycles. The Balaban J connectivity index is 0.00000155. The van der Waals surface area contributed by atoms with Gasteiger partial charge in [-0.3, -0.25) is 9.00 Å². The molecule has 0 aliphatic carbocycles. The molecule has 2 heterocycles. The average Bonchev–Trinajstić information content (AvgIpc) is 3.57. The van der Waals surface area contributed by atoms with E-state index in [2.05, 4.69) is 78.6 Å².